The standard InChI is InChI=1S/C13H14N2O.2ClH/c14-9-12-3-1-2-4-13(12)16-10-11-5-7-15-8-6-11;;/h1-8H,9-10,14H2;2*1H. The van der Waals surface area contributed by atoms with E-state index < -0.39 is 0 Å². The number of hydrogen-bond donors (Lipinski definition) is 1. The van der Waals surface area contributed by atoms with Crippen LogP contribution in [0.5, 0.6) is 5.75 Å². The third-order valence-corrected chi connectivity index (χ3v) is 2.34. The Kier molecular flexibility index (Phi) is 8.12. The van der Waals surface area contributed by atoms with Gasteiger partial charge in [0.05, 0.1) is 0 Å². The van der Waals surface area contributed by atoms with Crippen LogP contribution in [0.4, 0.5) is 0 Å². The van der Waals surface area contributed by atoms with Gasteiger partial charge < -0.3 is 10.5 Å². The van der Waals surface area contributed by atoms with Crippen LogP contribution < -0.4 is 10.5 Å². The smallest absolute Gasteiger partial charge is 0.124 e. The van der Waals surface area contributed by atoms with Crippen LogP contribution in [0.1, 0.15) is 11.1 Å². The zero-order chi connectivity index (χ0) is 11.2. The normalized spacial score (nSPS) is 8.94. The van der Waals surface area contributed by atoms with E-state index in [1.54, 1.807) is 12.4 Å². The Labute approximate surface area is 119 Å². The topological polar surface area (TPSA) is 48.1 Å². The molecule has 0 unspecified atom stereocenters. The summed E-state index contributed by atoms with van der Waals surface area (Å²) in [6, 6.07) is 11.7. The summed E-state index contributed by atoms with van der Waals surface area (Å²) in [6.45, 7) is 1.03. The predicted octanol–water partition coefficient (Wildman–Crippen LogP) is 2.96. The first-order valence-electron chi connectivity index (χ1n) is 5.20. The number of pyridine rings is 1. The number of nitrogens with two attached hydrogens (primary N) is 1. The van der Waals surface area contributed by atoms with Crippen LogP contribution >= 0.6 is 24.8 Å². The van der Waals surface area contributed by atoms with E-state index >= 15 is 0 Å². The quantitative estimate of drug-likeness (QED) is 0.940. The van der Waals surface area contributed by atoms with Crippen molar-refractivity contribution in [3.05, 3.63) is 59.9 Å². The van der Waals surface area contributed by atoms with Crippen molar-refractivity contribution >= 4 is 24.8 Å². The Bertz CT molecular complexity index is 452. The fourth-order valence-corrected chi connectivity index (χ4v) is 1.45. The van der Waals surface area contributed by atoms with Gasteiger partial charge in [0.1, 0.15) is 12.4 Å². The minimum Gasteiger partial charge on any atom is -0.489 e. The Morgan fingerprint density at radius 2 is 1.67 bits per heavy atom. The fourth-order valence-electron chi connectivity index (χ4n) is 1.45. The van der Waals surface area contributed by atoms with Crippen LogP contribution in [0.3, 0.4) is 0 Å². The van der Waals surface area contributed by atoms with Gasteiger partial charge in [0, 0.05) is 24.5 Å². The van der Waals surface area contributed by atoms with Crippen LogP contribution in [-0.2, 0) is 13.2 Å². The summed E-state index contributed by atoms with van der Waals surface area (Å²) in [5.41, 5.74) is 7.75. The number of rotatable bonds is 4. The van der Waals surface area contributed by atoms with Crippen LogP contribution in [0.15, 0.2) is 48.8 Å². The van der Waals surface area contributed by atoms with E-state index in [0.717, 1.165) is 16.9 Å². The van der Waals surface area contributed by atoms with Crippen molar-refractivity contribution in [3.8, 4) is 5.75 Å². The van der Waals surface area contributed by atoms with Crippen molar-refractivity contribution in [2.24, 2.45) is 5.73 Å². The molecule has 2 N–H and O–H groups in total. The number of hydrogen-bond acceptors (Lipinski definition) is 3. The van der Waals surface area contributed by atoms with Gasteiger partial charge in [0.25, 0.3) is 0 Å². The molecule has 0 atom stereocenters. The van der Waals surface area contributed by atoms with Gasteiger partial charge in [-0.3, -0.25) is 4.98 Å². The largest absolute Gasteiger partial charge is 0.489 e. The van der Waals surface area contributed by atoms with E-state index in [9.17, 15) is 0 Å². The molecular formula is C13H16Cl2N2O. The second-order valence-electron chi connectivity index (χ2n) is 3.46. The highest BCUT2D eigenvalue weighted by molar-refractivity contribution is 5.85. The molecule has 0 amide bonds. The zero-order valence-corrected chi connectivity index (χ0v) is 11.4. The molecule has 0 aliphatic rings. The van der Waals surface area contributed by atoms with Crippen LogP contribution in [-0.4, -0.2) is 4.98 Å². The molecule has 0 saturated heterocycles. The van der Waals surface area contributed by atoms with Gasteiger partial charge in [0.15, 0.2) is 0 Å². The molecule has 0 aliphatic carbocycles. The molecule has 0 saturated carbocycles. The Morgan fingerprint density at radius 1 is 1.00 bits per heavy atom. The lowest BCUT2D eigenvalue weighted by Gasteiger charge is -2.09. The maximum atomic E-state index is 5.71. The SMILES string of the molecule is Cl.Cl.NCc1ccccc1OCc1ccncc1. The highest BCUT2D eigenvalue weighted by atomic mass is 35.5. The first-order valence-corrected chi connectivity index (χ1v) is 5.20. The lowest BCUT2D eigenvalue weighted by molar-refractivity contribution is 0.303. The van der Waals surface area contributed by atoms with Crippen LogP contribution in [0, 0.1) is 0 Å². The van der Waals surface area contributed by atoms with Gasteiger partial charge in [-0.15, -0.1) is 24.8 Å². The molecule has 1 heterocycles. The molecule has 1 aromatic carbocycles. The van der Waals surface area contributed by atoms with E-state index in [0.29, 0.717) is 13.2 Å². The van der Waals surface area contributed by atoms with Gasteiger partial charge in [-0.2, -0.15) is 0 Å². The molecule has 3 nitrogen and oxygen atoms in total. The Hall–Kier alpha value is -1.29. The first kappa shape index (κ1) is 16.7. The van der Waals surface area contributed by atoms with E-state index in [4.69, 9.17) is 10.5 Å². The second kappa shape index (κ2) is 8.75. The van der Waals surface area contributed by atoms with Crippen LogP contribution in [0.2, 0.25) is 0 Å². The lowest BCUT2D eigenvalue weighted by atomic mass is 10.2. The monoisotopic (exact) mass is 286 g/mol. The third kappa shape index (κ3) is 4.53. The Balaban J connectivity index is 0.00000144. The molecule has 0 aliphatic heterocycles. The van der Waals surface area contributed by atoms with Crippen LogP contribution in [0.25, 0.3) is 0 Å². The minimum atomic E-state index is 0. The minimum absolute atomic E-state index is 0. The van der Waals surface area contributed by atoms with Crippen molar-refractivity contribution in [2.45, 2.75) is 13.2 Å². The summed E-state index contributed by atoms with van der Waals surface area (Å²) in [5.74, 6) is 0.849. The molecule has 98 valence electrons. The molecule has 0 fully saturated rings. The van der Waals surface area contributed by atoms with E-state index in [1.807, 2.05) is 36.4 Å². The van der Waals surface area contributed by atoms with E-state index in [-0.39, 0.29) is 24.8 Å². The van der Waals surface area contributed by atoms with Gasteiger partial charge in [-0.1, -0.05) is 18.2 Å². The van der Waals surface area contributed by atoms with Crippen molar-refractivity contribution in [1.29, 1.82) is 0 Å². The number of benzene rings is 1. The van der Waals surface area contributed by atoms with E-state index in [2.05, 4.69) is 4.98 Å². The third-order valence-electron chi connectivity index (χ3n) is 2.34. The number of ether oxygens (including phenoxy) is 1. The number of para-hydroxylation sites is 1. The highest BCUT2D eigenvalue weighted by Gasteiger charge is 2.00. The first-order chi connectivity index (χ1) is 7.90. The van der Waals surface area contributed by atoms with Crippen molar-refractivity contribution in [1.82, 2.24) is 4.98 Å². The molecular weight excluding hydrogens is 271 g/mol. The summed E-state index contributed by atoms with van der Waals surface area (Å²) in [4.78, 5) is 3.96. The zero-order valence-electron chi connectivity index (χ0n) is 9.78. The lowest BCUT2D eigenvalue weighted by Crippen LogP contribution is -2.02. The molecule has 0 bridgehead atoms. The van der Waals surface area contributed by atoms with Crippen molar-refractivity contribution < 1.29 is 4.74 Å². The fraction of sp³-hybridized carbons (Fsp3) is 0.154. The van der Waals surface area contributed by atoms with E-state index in [1.165, 1.54) is 0 Å². The Morgan fingerprint density at radius 3 is 2.33 bits per heavy atom. The summed E-state index contributed by atoms with van der Waals surface area (Å²) in [7, 11) is 0. The maximum Gasteiger partial charge on any atom is 0.124 e. The summed E-state index contributed by atoms with van der Waals surface area (Å²) in [5, 5.41) is 0. The van der Waals surface area contributed by atoms with Gasteiger partial charge in [-0.05, 0) is 23.8 Å². The molecule has 2 rings (SSSR count). The molecule has 2 aromatic rings. The molecule has 0 radical (unpaired) electrons. The summed E-state index contributed by atoms with van der Waals surface area (Å²) >= 11 is 0. The van der Waals surface area contributed by atoms with Gasteiger partial charge in [0.2, 0.25) is 0 Å². The average molecular weight is 287 g/mol. The molecule has 5 heteroatoms. The second-order valence-corrected chi connectivity index (χ2v) is 3.46. The van der Waals surface area contributed by atoms with Gasteiger partial charge in [-0.25, -0.2) is 0 Å². The summed E-state index contributed by atoms with van der Waals surface area (Å²) < 4.78 is 5.71. The number of nitrogens with zero attached hydrogens (tertiary/aromatic N) is 1. The maximum absolute atomic E-state index is 5.71. The summed E-state index contributed by atoms with van der Waals surface area (Å²) in [6.07, 6.45) is 3.51. The highest BCUT2D eigenvalue weighted by Crippen LogP contribution is 2.18. The molecule has 18 heavy (non-hydrogen) atoms. The number of halogens is 2. The number of aromatic nitrogens is 1. The van der Waals surface area contributed by atoms with Crippen molar-refractivity contribution in [2.75, 3.05) is 0 Å². The predicted molar refractivity (Wildman–Crippen MR) is 77.4 cm³/mol. The van der Waals surface area contributed by atoms with Crippen molar-refractivity contribution in [3.63, 3.8) is 0 Å². The molecule has 1 aromatic heterocycles. The molecule has 0 spiro atoms. The van der Waals surface area contributed by atoms with Gasteiger partial charge >= 0.3 is 0 Å². The average Bonchev–Trinajstić information content (AvgIpc) is 2.38.